The van der Waals surface area contributed by atoms with Crippen LogP contribution in [-0.4, -0.2) is 28.1 Å². The molecule has 15 heavy (non-hydrogen) atoms. The molecule has 1 aromatic rings. The first-order valence-electron chi connectivity index (χ1n) is 6.09. The number of aromatic nitrogens is 3. The molecule has 2 heterocycles. The van der Waals surface area contributed by atoms with Gasteiger partial charge >= 0.3 is 0 Å². The van der Waals surface area contributed by atoms with Crippen molar-refractivity contribution in [1.82, 2.24) is 20.3 Å². The Balaban J connectivity index is 1.87. The molecular formula is C11H18N4. The summed E-state index contributed by atoms with van der Waals surface area (Å²) in [6, 6.07) is 0.549. The summed E-state index contributed by atoms with van der Waals surface area (Å²) in [5.41, 5.74) is 2.67. The van der Waals surface area contributed by atoms with Crippen LogP contribution in [0.4, 0.5) is 0 Å². The first kappa shape index (κ1) is 9.33. The minimum absolute atomic E-state index is 0.549. The summed E-state index contributed by atoms with van der Waals surface area (Å²) < 4.78 is 2.20. The zero-order chi connectivity index (χ0) is 10.1. The Labute approximate surface area is 90.0 Å². The maximum absolute atomic E-state index is 4.35. The highest BCUT2D eigenvalue weighted by atomic mass is 15.4. The minimum Gasteiger partial charge on any atom is -0.315 e. The lowest BCUT2D eigenvalue weighted by molar-refractivity contribution is 0.332. The topological polar surface area (TPSA) is 42.7 Å². The number of nitrogens with zero attached hydrogens (tertiary/aromatic N) is 3. The molecule has 0 amide bonds. The summed E-state index contributed by atoms with van der Waals surface area (Å²) in [6.07, 6.45) is 7.42. The molecule has 1 aliphatic heterocycles. The molecular weight excluding hydrogens is 188 g/mol. The van der Waals surface area contributed by atoms with Gasteiger partial charge in [-0.15, -0.1) is 5.10 Å². The van der Waals surface area contributed by atoms with Crippen molar-refractivity contribution in [3.8, 4) is 0 Å². The van der Waals surface area contributed by atoms with Crippen molar-refractivity contribution in [2.24, 2.45) is 0 Å². The minimum atomic E-state index is 0.549. The average Bonchev–Trinajstić information content (AvgIpc) is 2.74. The molecule has 4 nitrogen and oxygen atoms in total. The largest absolute Gasteiger partial charge is 0.315 e. The van der Waals surface area contributed by atoms with Gasteiger partial charge in [-0.1, -0.05) is 5.21 Å². The Morgan fingerprint density at radius 1 is 1.20 bits per heavy atom. The lowest BCUT2D eigenvalue weighted by Gasteiger charge is -2.25. The van der Waals surface area contributed by atoms with Crippen molar-refractivity contribution in [2.45, 2.75) is 44.6 Å². The van der Waals surface area contributed by atoms with Crippen LogP contribution in [0.15, 0.2) is 0 Å². The summed E-state index contributed by atoms with van der Waals surface area (Å²) in [5.74, 6) is 0. The van der Waals surface area contributed by atoms with Crippen LogP contribution in [0.3, 0.4) is 0 Å². The van der Waals surface area contributed by atoms with E-state index in [1.807, 2.05) is 0 Å². The number of piperidine rings is 1. The van der Waals surface area contributed by atoms with Gasteiger partial charge in [0.15, 0.2) is 0 Å². The van der Waals surface area contributed by atoms with Crippen LogP contribution in [0.5, 0.6) is 0 Å². The average molecular weight is 206 g/mol. The van der Waals surface area contributed by atoms with Crippen molar-refractivity contribution >= 4 is 0 Å². The highest BCUT2D eigenvalue weighted by Gasteiger charge is 2.23. The molecule has 1 aromatic heterocycles. The summed E-state index contributed by atoms with van der Waals surface area (Å²) >= 11 is 0. The third-order valence-corrected chi connectivity index (χ3v) is 3.57. The van der Waals surface area contributed by atoms with Crippen LogP contribution < -0.4 is 5.32 Å². The van der Waals surface area contributed by atoms with Crippen molar-refractivity contribution in [1.29, 1.82) is 0 Å². The number of nitrogens with one attached hydrogen (secondary N) is 1. The third-order valence-electron chi connectivity index (χ3n) is 3.57. The van der Waals surface area contributed by atoms with Gasteiger partial charge in [0.25, 0.3) is 0 Å². The van der Waals surface area contributed by atoms with Gasteiger partial charge in [0, 0.05) is 6.54 Å². The zero-order valence-corrected chi connectivity index (χ0v) is 9.08. The molecule has 1 saturated heterocycles. The lowest BCUT2D eigenvalue weighted by atomic mass is 10.00. The molecule has 3 rings (SSSR count). The van der Waals surface area contributed by atoms with Gasteiger partial charge in [-0.2, -0.15) is 0 Å². The molecule has 0 aromatic carbocycles. The van der Waals surface area contributed by atoms with Gasteiger partial charge in [0.2, 0.25) is 0 Å². The molecule has 1 N–H and O–H groups in total. The van der Waals surface area contributed by atoms with E-state index in [1.165, 1.54) is 43.5 Å². The van der Waals surface area contributed by atoms with E-state index in [9.17, 15) is 0 Å². The molecule has 0 radical (unpaired) electrons. The van der Waals surface area contributed by atoms with Gasteiger partial charge in [-0.05, 0) is 45.1 Å². The number of hydrogen-bond donors (Lipinski definition) is 1. The van der Waals surface area contributed by atoms with E-state index in [-0.39, 0.29) is 0 Å². The summed E-state index contributed by atoms with van der Waals surface area (Å²) in [4.78, 5) is 0. The SMILES string of the molecule is C1CCc2c(nnn2C2CCCNC2)C1. The van der Waals surface area contributed by atoms with E-state index >= 15 is 0 Å². The van der Waals surface area contributed by atoms with Gasteiger partial charge in [-0.25, -0.2) is 4.68 Å². The fourth-order valence-electron chi connectivity index (χ4n) is 2.72. The second-order valence-electron chi connectivity index (χ2n) is 4.63. The molecule has 1 unspecified atom stereocenters. The van der Waals surface area contributed by atoms with Gasteiger partial charge in [0.1, 0.15) is 0 Å². The summed E-state index contributed by atoms with van der Waals surface area (Å²) in [7, 11) is 0. The normalized spacial score (nSPS) is 26.3. The van der Waals surface area contributed by atoms with Crippen LogP contribution in [0.1, 0.15) is 43.1 Å². The smallest absolute Gasteiger partial charge is 0.0859 e. The predicted octanol–water partition coefficient (Wildman–Crippen LogP) is 1.08. The quantitative estimate of drug-likeness (QED) is 0.747. The van der Waals surface area contributed by atoms with Crippen LogP contribution >= 0.6 is 0 Å². The Bertz CT molecular complexity index is 338. The predicted molar refractivity (Wildman–Crippen MR) is 57.8 cm³/mol. The summed E-state index contributed by atoms with van der Waals surface area (Å²) in [6.45, 7) is 2.23. The number of aryl methyl sites for hydroxylation is 1. The highest BCUT2D eigenvalue weighted by Crippen LogP contribution is 2.24. The molecule has 82 valence electrons. The molecule has 1 atom stereocenters. The highest BCUT2D eigenvalue weighted by molar-refractivity contribution is 5.14. The van der Waals surface area contributed by atoms with Crippen LogP contribution in [0, 0.1) is 0 Å². The summed E-state index contributed by atoms with van der Waals surface area (Å²) in [5, 5.41) is 12.1. The van der Waals surface area contributed by atoms with Crippen LogP contribution in [0.2, 0.25) is 0 Å². The maximum atomic E-state index is 4.35. The van der Waals surface area contributed by atoms with E-state index in [4.69, 9.17) is 0 Å². The van der Waals surface area contributed by atoms with E-state index < -0.39 is 0 Å². The number of hydrogen-bond acceptors (Lipinski definition) is 3. The van der Waals surface area contributed by atoms with Gasteiger partial charge in [-0.3, -0.25) is 0 Å². The fourth-order valence-corrected chi connectivity index (χ4v) is 2.72. The van der Waals surface area contributed by atoms with Crippen LogP contribution in [0.25, 0.3) is 0 Å². The lowest BCUT2D eigenvalue weighted by Crippen LogP contribution is -2.33. The Morgan fingerprint density at radius 3 is 3.00 bits per heavy atom. The molecule has 2 aliphatic rings. The Kier molecular flexibility index (Phi) is 2.44. The van der Waals surface area contributed by atoms with E-state index in [0.29, 0.717) is 6.04 Å². The van der Waals surface area contributed by atoms with Gasteiger partial charge in [0.05, 0.1) is 17.4 Å². The second-order valence-corrected chi connectivity index (χ2v) is 4.63. The Hall–Kier alpha value is -0.900. The van der Waals surface area contributed by atoms with Crippen LogP contribution in [-0.2, 0) is 12.8 Å². The van der Waals surface area contributed by atoms with Crippen molar-refractivity contribution in [2.75, 3.05) is 13.1 Å². The second kappa shape index (κ2) is 3.93. The molecule has 4 heteroatoms. The molecule has 0 bridgehead atoms. The molecule has 1 fully saturated rings. The van der Waals surface area contributed by atoms with Gasteiger partial charge < -0.3 is 5.32 Å². The van der Waals surface area contributed by atoms with Crippen molar-refractivity contribution < 1.29 is 0 Å². The number of rotatable bonds is 1. The monoisotopic (exact) mass is 206 g/mol. The Morgan fingerprint density at radius 2 is 2.13 bits per heavy atom. The fraction of sp³-hybridized carbons (Fsp3) is 0.818. The molecule has 0 saturated carbocycles. The first-order valence-corrected chi connectivity index (χ1v) is 6.09. The third kappa shape index (κ3) is 1.67. The van der Waals surface area contributed by atoms with E-state index in [2.05, 4.69) is 20.3 Å². The van der Waals surface area contributed by atoms with E-state index in [1.54, 1.807) is 0 Å². The first-order chi connectivity index (χ1) is 7.45. The maximum Gasteiger partial charge on any atom is 0.0859 e. The standard InChI is InChI=1S/C11H18N4/c1-2-6-11-10(5-1)13-14-15(11)9-4-3-7-12-8-9/h9,12H,1-8H2. The van der Waals surface area contributed by atoms with Crippen molar-refractivity contribution in [3.63, 3.8) is 0 Å². The zero-order valence-electron chi connectivity index (χ0n) is 9.08. The molecule has 0 spiro atoms. The van der Waals surface area contributed by atoms with E-state index in [0.717, 1.165) is 19.5 Å². The number of fused-ring (bicyclic) bond motifs is 1. The molecule has 1 aliphatic carbocycles. The van der Waals surface area contributed by atoms with Crippen molar-refractivity contribution in [3.05, 3.63) is 11.4 Å².